The Balaban J connectivity index is 1.22. The monoisotopic (exact) mass is 620 g/mol. The van der Waals surface area contributed by atoms with Crippen LogP contribution < -0.4 is 4.74 Å². The highest BCUT2D eigenvalue weighted by Gasteiger charge is 2.42. The van der Waals surface area contributed by atoms with Crippen molar-refractivity contribution in [3.05, 3.63) is 141 Å². The van der Waals surface area contributed by atoms with Gasteiger partial charge in [-0.1, -0.05) is 122 Å². The lowest BCUT2D eigenvalue weighted by molar-refractivity contribution is 0.419. The second-order valence-corrected chi connectivity index (χ2v) is 14.0. The summed E-state index contributed by atoms with van der Waals surface area (Å²) in [6.07, 6.45) is 0. The van der Waals surface area contributed by atoms with E-state index in [0.717, 1.165) is 16.0 Å². The van der Waals surface area contributed by atoms with Gasteiger partial charge in [-0.15, -0.1) is 0 Å². The van der Waals surface area contributed by atoms with E-state index in [1.54, 1.807) is 0 Å². The third-order valence-electron chi connectivity index (χ3n) is 9.99. The van der Waals surface area contributed by atoms with Crippen LogP contribution in [0.25, 0.3) is 44.2 Å². The first kappa shape index (κ1) is 26.5. The lowest BCUT2D eigenvalue weighted by Crippen LogP contribution is -2.25. The van der Waals surface area contributed by atoms with Gasteiger partial charge in [0.25, 0.3) is 0 Å². The molecule has 0 atom stereocenters. The number of hydrogen-bond donors (Lipinski definition) is 0. The Morgan fingerprint density at radius 3 is 2.00 bits per heavy atom. The number of rotatable bonds is 2. The number of ether oxygens (including phenoxy) is 1. The summed E-state index contributed by atoms with van der Waals surface area (Å²) in [5.74, 6) is 1.98. The molecule has 0 N–H and O–H groups in total. The fourth-order valence-corrected chi connectivity index (χ4v) is 7.78. The van der Waals surface area contributed by atoms with E-state index >= 15 is 0 Å². The van der Waals surface area contributed by atoms with Crippen molar-refractivity contribution >= 4 is 26.7 Å². The molecule has 1 nitrogen and oxygen atoms in total. The summed E-state index contributed by atoms with van der Waals surface area (Å²) in [7, 11) is 0. The summed E-state index contributed by atoms with van der Waals surface area (Å²) in [5.41, 5.74) is 13.7. The van der Waals surface area contributed by atoms with Gasteiger partial charge in [0.1, 0.15) is 11.5 Å². The normalized spacial score (nSPS) is 15.3. The molecule has 6 aromatic carbocycles. The van der Waals surface area contributed by atoms with E-state index in [0.29, 0.717) is 0 Å². The van der Waals surface area contributed by atoms with Crippen LogP contribution in [0.4, 0.5) is 0 Å². The van der Waals surface area contributed by atoms with E-state index in [2.05, 4.69) is 160 Å². The van der Waals surface area contributed by atoms with Gasteiger partial charge in [-0.05, 0) is 92.5 Å². The van der Waals surface area contributed by atoms with Crippen LogP contribution in [0.1, 0.15) is 55.5 Å². The summed E-state index contributed by atoms with van der Waals surface area (Å²) in [4.78, 5) is 0. The Hall–Kier alpha value is -4.14. The minimum Gasteiger partial charge on any atom is -0.456 e. The zero-order chi connectivity index (χ0) is 29.7. The minimum absolute atomic E-state index is 0.131. The number of halogens is 1. The lowest BCUT2D eigenvalue weighted by atomic mass is 9.74. The van der Waals surface area contributed by atoms with Crippen molar-refractivity contribution in [1.82, 2.24) is 0 Å². The molecule has 0 unspecified atom stereocenters. The highest BCUT2D eigenvalue weighted by Crippen LogP contribution is 2.58. The molecule has 0 bridgehead atoms. The smallest absolute Gasteiger partial charge is 0.139 e. The molecule has 1 heterocycles. The van der Waals surface area contributed by atoms with E-state index in [1.807, 2.05) is 0 Å². The molecule has 8 rings (SSSR count). The van der Waals surface area contributed by atoms with Crippen molar-refractivity contribution < 1.29 is 4.74 Å². The molecule has 43 heavy (non-hydrogen) atoms. The summed E-state index contributed by atoms with van der Waals surface area (Å²) in [6.45, 7) is 11.5. The molecule has 2 heteroatoms. The number of para-hydroxylation sites is 1. The van der Waals surface area contributed by atoms with Gasteiger partial charge in [0.05, 0.1) is 0 Å². The number of hydrogen-bond acceptors (Lipinski definition) is 1. The molecule has 0 saturated carbocycles. The van der Waals surface area contributed by atoms with Crippen molar-refractivity contribution in [2.75, 3.05) is 0 Å². The third-order valence-corrected chi connectivity index (χ3v) is 10.9. The molecule has 0 amide bonds. The van der Waals surface area contributed by atoms with Gasteiger partial charge in [0.15, 0.2) is 0 Å². The lowest BCUT2D eigenvalue weighted by Gasteiger charge is -2.36. The standard InChI is InChI=1S/C41H33BrO/c1-24-30(9-8-11-36(24)42)29-16-15-25-21-26(13-14-27(25)22-29)28-17-18-31-35(23-28)41(4,5)33-19-20-34-39(38(31)33)43-37-12-7-6-10-32(37)40(34,2)3/h6-23H,1-5H3. The minimum atomic E-state index is -0.132. The number of fused-ring (bicyclic) bond motifs is 7. The Morgan fingerprint density at radius 2 is 1.19 bits per heavy atom. The quantitative estimate of drug-likeness (QED) is 0.187. The van der Waals surface area contributed by atoms with Crippen molar-refractivity contribution in [2.24, 2.45) is 0 Å². The van der Waals surface area contributed by atoms with Crippen molar-refractivity contribution in [1.29, 1.82) is 0 Å². The van der Waals surface area contributed by atoms with Crippen LogP contribution >= 0.6 is 15.9 Å². The second-order valence-electron chi connectivity index (χ2n) is 13.2. The Kier molecular flexibility index (Phi) is 5.65. The molecule has 1 aliphatic heterocycles. The third kappa shape index (κ3) is 3.82. The van der Waals surface area contributed by atoms with Gasteiger partial charge in [-0.3, -0.25) is 0 Å². The molecule has 0 fully saturated rings. The summed E-state index contributed by atoms with van der Waals surface area (Å²) >= 11 is 3.69. The van der Waals surface area contributed by atoms with Gasteiger partial charge in [0.2, 0.25) is 0 Å². The van der Waals surface area contributed by atoms with Gasteiger partial charge in [-0.2, -0.15) is 0 Å². The van der Waals surface area contributed by atoms with Crippen LogP contribution in [0.15, 0.2) is 114 Å². The van der Waals surface area contributed by atoms with Gasteiger partial charge in [-0.25, -0.2) is 0 Å². The summed E-state index contributed by atoms with van der Waals surface area (Å²) in [6, 6.07) is 40.2. The number of benzene rings is 6. The van der Waals surface area contributed by atoms with Crippen molar-refractivity contribution in [3.63, 3.8) is 0 Å². The average molecular weight is 622 g/mol. The van der Waals surface area contributed by atoms with E-state index in [-0.39, 0.29) is 10.8 Å². The van der Waals surface area contributed by atoms with Crippen LogP contribution in [0.3, 0.4) is 0 Å². The zero-order valence-electron chi connectivity index (χ0n) is 25.2. The fraction of sp³-hybridized carbons (Fsp3) is 0.171. The van der Waals surface area contributed by atoms with Crippen molar-refractivity contribution in [3.8, 4) is 44.9 Å². The average Bonchev–Trinajstić information content (AvgIpc) is 3.24. The SMILES string of the molecule is Cc1c(Br)cccc1-c1ccc2cc(-c3ccc4c(c3)C(C)(C)c3ccc5c(c3-4)Oc3ccccc3C5(C)C)ccc2c1. The van der Waals surface area contributed by atoms with E-state index in [4.69, 9.17) is 4.74 Å². The van der Waals surface area contributed by atoms with E-state index < -0.39 is 0 Å². The Labute approximate surface area is 262 Å². The fourth-order valence-electron chi connectivity index (χ4n) is 7.41. The molecule has 1 aliphatic carbocycles. The van der Waals surface area contributed by atoms with E-state index in [9.17, 15) is 0 Å². The molecular weight excluding hydrogens is 588 g/mol. The first-order chi connectivity index (χ1) is 20.6. The predicted molar refractivity (Wildman–Crippen MR) is 183 cm³/mol. The molecule has 2 aliphatic rings. The zero-order valence-corrected chi connectivity index (χ0v) is 26.8. The summed E-state index contributed by atoms with van der Waals surface area (Å²) in [5, 5.41) is 2.50. The maximum absolute atomic E-state index is 6.72. The van der Waals surface area contributed by atoms with Gasteiger partial charge >= 0.3 is 0 Å². The largest absolute Gasteiger partial charge is 0.456 e. The van der Waals surface area contributed by atoms with Crippen molar-refractivity contribution in [2.45, 2.75) is 45.4 Å². The van der Waals surface area contributed by atoms with E-state index in [1.165, 1.54) is 72.0 Å². The van der Waals surface area contributed by atoms with Crippen LogP contribution in [-0.2, 0) is 10.8 Å². The van der Waals surface area contributed by atoms with Crippen LogP contribution in [0, 0.1) is 6.92 Å². The van der Waals surface area contributed by atoms with Crippen LogP contribution in [0.2, 0.25) is 0 Å². The maximum Gasteiger partial charge on any atom is 0.139 e. The van der Waals surface area contributed by atoms with Crippen LogP contribution in [-0.4, -0.2) is 0 Å². The maximum atomic E-state index is 6.72. The molecule has 0 saturated heterocycles. The predicted octanol–water partition coefficient (Wildman–Crippen LogP) is 12.0. The first-order valence-corrected chi connectivity index (χ1v) is 15.8. The molecule has 0 aromatic heterocycles. The molecular formula is C41H33BrO. The Bertz CT molecular complexity index is 2130. The second kappa shape index (κ2) is 9.18. The van der Waals surface area contributed by atoms with Gasteiger partial charge in [0, 0.05) is 32.0 Å². The first-order valence-electron chi connectivity index (χ1n) is 15.0. The molecule has 0 spiro atoms. The van der Waals surface area contributed by atoms with Gasteiger partial charge < -0.3 is 4.74 Å². The Morgan fingerprint density at radius 1 is 0.535 bits per heavy atom. The topological polar surface area (TPSA) is 9.23 Å². The molecule has 210 valence electrons. The summed E-state index contributed by atoms with van der Waals surface area (Å²) < 4.78 is 7.86. The highest BCUT2D eigenvalue weighted by molar-refractivity contribution is 9.10. The highest BCUT2D eigenvalue weighted by atomic mass is 79.9. The van der Waals surface area contributed by atoms with Crippen LogP contribution in [0.5, 0.6) is 11.5 Å². The molecule has 0 radical (unpaired) electrons. The molecule has 6 aromatic rings.